The minimum atomic E-state index is -0.637. The zero-order chi connectivity index (χ0) is 43.0. The van der Waals surface area contributed by atoms with Crippen molar-refractivity contribution in [1.29, 1.82) is 0 Å². The van der Waals surface area contributed by atoms with Crippen LogP contribution in [0.25, 0.3) is 44.6 Å². The Morgan fingerprint density at radius 3 is 1.08 bits per heavy atom. The van der Waals surface area contributed by atoms with Gasteiger partial charge in [0.05, 0.1) is 10.8 Å². The van der Waals surface area contributed by atoms with Gasteiger partial charge in [0.25, 0.3) is 0 Å². The Labute approximate surface area is 371 Å². The molecule has 0 radical (unpaired) electrons. The van der Waals surface area contributed by atoms with Crippen LogP contribution in [-0.2, 0) is 54.3 Å². The average molecular weight is 944 g/mol. The molecule has 0 amide bonds. The number of ether oxygens (including phenoxy) is 2. The molecule has 0 aliphatic heterocycles. The molecule has 0 bridgehead atoms. The fraction of sp³-hybridized carbons (Fsp3) is 0.125. The van der Waals surface area contributed by atoms with E-state index in [0.717, 1.165) is 11.1 Å². The monoisotopic (exact) mass is 944 g/mol. The van der Waals surface area contributed by atoms with E-state index < -0.39 is 44.0 Å². The van der Waals surface area contributed by atoms with Gasteiger partial charge in [0.2, 0.25) is 0 Å². The fourth-order valence-corrected chi connectivity index (χ4v) is 5.52. The second kappa shape index (κ2) is 23.6. The van der Waals surface area contributed by atoms with E-state index in [2.05, 4.69) is 0 Å². The molecular formula is C48H42O10RuS2. The van der Waals surface area contributed by atoms with Gasteiger partial charge in [-0.25, -0.2) is 0 Å². The van der Waals surface area contributed by atoms with Crippen molar-refractivity contribution in [3.8, 4) is 45.6 Å². The molecule has 8 rings (SSSR count). The van der Waals surface area contributed by atoms with E-state index in [-0.39, 0.29) is 31.0 Å². The van der Waals surface area contributed by atoms with Crippen molar-refractivity contribution >= 4 is 43.5 Å². The quantitative estimate of drug-likeness (QED) is 0.136. The van der Waals surface area contributed by atoms with Gasteiger partial charge in [0.1, 0.15) is 47.4 Å². The Morgan fingerprint density at radius 1 is 0.459 bits per heavy atom. The number of benzene rings is 6. The zero-order valence-electron chi connectivity index (χ0n) is 33.7. The average Bonchev–Trinajstić information content (AvgIpc) is 3.26. The molecule has 0 fully saturated rings. The van der Waals surface area contributed by atoms with E-state index in [4.69, 9.17) is 18.3 Å². The van der Waals surface area contributed by atoms with Crippen LogP contribution in [0, 0.1) is 0 Å². The van der Waals surface area contributed by atoms with Crippen molar-refractivity contribution < 1.29 is 56.4 Å². The van der Waals surface area contributed by atoms with E-state index in [0.29, 0.717) is 57.8 Å². The molecule has 0 aliphatic carbocycles. The van der Waals surface area contributed by atoms with Crippen molar-refractivity contribution in [2.75, 3.05) is 25.0 Å². The molecule has 314 valence electrons. The van der Waals surface area contributed by atoms with Gasteiger partial charge < -0.3 is 28.5 Å². The molecule has 0 N–H and O–H groups in total. The second-order valence-corrected chi connectivity index (χ2v) is 16.2. The van der Waals surface area contributed by atoms with Crippen LogP contribution in [0.1, 0.15) is 11.1 Å². The number of fused-ring (bicyclic) bond motifs is 2. The summed E-state index contributed by atoms with van der Waals surface area (Å²) >= 11 is 0. The van der Waals surface area contributed by atoms with Gasteiger partial charge in [0.15, 0.2) is 10.9 Å². The second-order valence-electron chi connectivity index (χ2n) is 13.3. The van der Waals surface area contributed by atoms with Crippen LogP contribution in [0.3, 0.4) is 0 Å². The van der Waals surface area contributed by atoms with Crippen LogP contribution < -0.4 is 30.5 Å². The standard InChI is InChI=1S/2C22H16O4.2C2H6OS.Ru/c2*23-20-18-8-4-5-9-19(18)26-22(21(20)24)16-10-12-17(13-11-16)25-14-15-6-2-1-3-7-15;2*1-4(2)3;/h2*1-13,24H,14H2;2*1-2H3;/q;;;;+2/p-2. The third-order valence-electron chi connectivity index (χ3n) is 8.24. The van der Waals surface area contributed by atoms with Crippen molar-refractivity contribution in [3.05, 3.63) is 189 Å². The molecule has 10 nitrogen and oxygen atoms in total. The molecule has 0 saturated carbocycles. The van der Waals surface area contributed by atoms with Crippen LogP contribution in [0.4, 0.5) is 0 Å². The number of rotatable bonds is 8. The Morgan fingerprint density at radius 2 is 0.754 bits per heavy atom. The minimum absolute atomic E-state index is 0. The van der Waals surface area contributed by atoms with Crippen molar-refractivity contribution in [2.45, 2.75) is 13.2 Å². The van der Waals surface area contributed by atoms with Crippen LogP contribution >= 0.6 is 0 Å². The molecule has 61 heavy (non-hydrogen) atoms. The van der Waals surface area contributed by atoms with Crippen LogP contribution in [0.2, 0.25) is 0 Å². The van der Waals surface area contributed by atoms with Gasteiger partial charge in [-0.3, -0.25) is 18.0 Å². The summed E-state index contributed by atoms with van der Waals surface area (Å²) in [5.74, 6) is 0.163. The summed E-state index contributed by atoms with van der Waals surface area (Å²) in [4.78, 5) is 24.5. The molecule has 8 aromatic rings. The smallest absolute Gasteiger partial charge is 0.867 e. The van der Waals surface area contributed by atoms with Gasteiger partial charge in [0, 0.05) is 57.7 Å². The predicted octanol–water partition coefficient (Wildman–Crippen LogP) is 8.21. The first-order chi connectivity index (χ1) is 28.9. The van der Waals surface area contributed by atoms with E-state index >= 15 is 0 Å². The maximum atomic E-state index is 12.3. The normalized spacial score (nSPS) is 10.3. The summed E-state index contributed by atoms with van der Waals surface area (Å²) in [6.07, 6.45) is 6.56. The van der Waals surface area contributed by atoms with Crippen LogP contribution in [0.5, 0.6) is 23.0 Å². The van der Waals surface area contributed by atoms with Gasteiger partial charge in [-0.05, 0) is 95.4 Å². The maximum absolute atomic E-state index is 12.3. The van der Waals surface area contributed by atoms with Crippen molar-refractivity contribution in [1.82, 2.24) is 0 Å². The van der Waals surface area contributed by atoms with Crippen molar-refractivity contribution in [3.63, 3.8) is 0 Å². The molecule has 0 atom stereocenters. The zero-order valence-corrected chi connectivity index (χ0v) is 37.0. The molecule has 13 heteroatoms. The molecule has 2 aromatic heterocycles. The SMILES string of the molecule is CS(C)=O.CS(C)=O.O=c1c([O-])c(-c2ccc(OCc3ccccc3)cc2)oc2ccccc12.O=c1c([O-])c(-c2ccc(OCc3ccccc3)cc2)oc2ccccc12.[Ru+2]. The summed E-state index contributed by atoms with van der Waals surface area (Å²) in [6.45, 7) is 0.913. The largest absolute Gasteiger partial charge is 2.00 e. The number of hydrogen-bond acceptors (Lipinski definition) is 10. The fourth-order valence-electron chi connectivity index (χ4n) is 5.52. The predicted molar refractivity (Wildman–Crippen MR) is 236 cm³/mol. The Kier molecular flexibility index (Phi) is 18.4. The molecule has 0 spiro atoms. The molecular weight excluding hydrogens is 902 g/mol. The Balaban J connectivity index is 0.000000226. The maximum Gasteiger partial charge on any atom is 2.00 e. The summed E-state index contributed by atoms with van der Waals surface area (Å²) in [7, 11) is -1.22. The molecule has 0 saturated heterocycles. The summed E-state index contributed by atoms with van der Waals surface area (Å²) in [5, 5.41) is 25.3. The summed E-state index contributed by atoms with van der Waals surface area (Å²) in [6, 6.07) is 47.1. The molecule has 2 heterocycles. The first-order valence-electron chi connectivity index (χ1n) is 18.4. The number of hydrogen-bond donors (Lipinski definition) is 0. The third-order valence-corrected chi connectivity index (χ3v) is 8.24. The summed E-state index contributed by atoms with van der Waals surface area (Å²) in [5.41, 5.74) is 2.93. The molecule has 0 unspecified atom stereocenters. The van der Waals surface area contributed by atoms with E-state index in [1.807, 2.05) is 60.7 Å². The van der Waals surface area contributed by atoms with Crippen LogP contribution in [-0.4, -0.2) is 33.4 Å². The van der Waals surface area contributed by atoms with Gasteiger partial charge in [-0.1, -0.05) is 84.9 Å². The van der Waals surface area contributed by atoms with E-state index in [9.17, 15) is 28.2 Å². The first kappa shape index (κ1) is 47.5. The van der Waals surface area contributed by atoms with Gasteiger partial charge in [-0.2, -0.15) is 0 Å². The van der Waals surface area contributed by atoms with Gasteiger partial charge >= 0.3 is 19.5 Å². The van der Waals surface area contributed by atoms with E-state index in [1.165, 1.54) is 0 Å². The number of para-hydroxylation sites is 2. The Hall–Kier alpha value is -6.14. The summed E-state index contributed by atoms with van der Waals surface area (Å²) < 4.78 is 41.9. The minimum Gasteiger partial charge on any atom is -0.867 e. The Bertz CT molecular complexity index is 2590. The molecule has 0 aliphatic rings. The van der Waals surface area contributed by atoms with Gasteiger partial charge in [-0.15, -0.1) is 0 Å². The van der Waals surface area contributed by atoms with E-state index in [1.54, 1.807) is 122 Å². The van der Waals surface area contributed by atoms with Crippen LogP contribution in [0.15, 0.2) is 176 Å². The first-order valence-corrected chi connectivity index (χ1v) is 22.3. The topological polar surface area (TPSA) is 159 Å². The van der Waals surface area contributed by atoms with Crippen molar-refractivity contribution in [2.24, 2.45) is 0 Å². The third kappa shape index (κ3) is 14.0. The molecule has 6 aromatic carbocycles.